The van der Waals surface area contributed by atoms with Crippen LogP contribution >= 0.6 is 22.7 Å². The quantitative estimate of drug-likeness (QED) is 0.0251. The molecule has 0 N–H and O–H groups in total. The van der Waals surface area contributed by atoms with E-state index < -0.39 is 0 Å². The first-order chi connectivity index (χ1) is 38.5. The van der Waals surface area contributed by atoms with Gasteiger partial charge in [0.15, 0.2) is 0 Å². The van der Waals surface area contributed by atoms with Crippen LogP contribution in [0.15, 0.2) is 120 Å². The largest absolute Gasteiger partial charge is 0.494 e. The van der Waals surface area contributed by atoms with Gasteiger partial charge in [-0.1, -0.05) is 37.8 Å². The van der Waals surface area contributed by atoms with Crippen LogP contribution in [0.1, 0.15) is 77.0 Å². The van der Waals surface area contributed by atoms with Gasteiger partial charge in [-0.25, -0.2) is 9.97 Å². The maximum atomic E-state index is 12.4. The Hall–Kier alpha value is -6.72. The molecule has 0 spiro atoms. The van der Waals surface area contributed by atoms with Gasteiger partial charge in [-0.05, 0) is 135 Å². The fourth-order valence-corrected chi connectivity index (χ4v) is 12.0. The number of anilines is 2. The van der Waals surface area contributed by atoms with Crippen LogP contribution in [-0.4, -0.2) is 124 Å². The third kappa shape index (κ3) is 15.5. The highest BCUT2D eigenvalue weighted by molar-refractivity contribution is 7.17. The summed E-state index contributed by atoms with van der Waals surface area (Å²) in [6.45, 7) is 11.6. The molecule has 0 amide bonds. The van der Waals surface area contributed by atoms with E-state index in [2.05, 4.69) is 88.9 Å². The monoisotopic (exact) mass is 1090 g/mol. The van der Waals surface area contributed by atoms with Crippen LogP contribution in [0.5, 0.6) is 23.3 Å². The number of thiophene rings is 2. The first-order valence-electron chi connectivity index (χ1n) is 28.0. The highest BCUT2D eigenvalue weighted by Crippen LogP contribution is 2.33. The lowest BCUT2D eigenvalue weighted by atomic mass is 10.1. The van der Waals surface area contributed by atoms with Crippen molar-refractivity contribution in [3.8, 4) is 23.3 Å². The molecule has 0 saturated carbocycles. The van der Waals surface area contributed by atoms with Crippen LogP contribution in [0.4, 0.5) is 11.4 Å². The van der Waals surface area contributed by atoms with Crippen LogP contribution in [0, 0.1) is 0 Å². The number of aromatic nitrogens is 2. The molecule has 6 heterocycles. The molecule has 410 valence electrons. The molecule has 10 rings (SSSR count). The SMILES string of the molecule is O=C(CCCCCCCCC(=O)OCOc1ccc2ccc(OCCCCN3CCN(c4cccc5sccc45)CC3)cc2n1)OCOc1ccc2ccc(OCCCCN3CCN(c4cccc5sccc45)CC3)cc2n1. The third-order valence-electron chi connectivity index (χ3n) is 14.8. The molecule has 2 aliphatic heterocycles. The molecule has 4 aromatic carbocycles. The van der Waals surface area contributed by atoms with Gasteiger partial charge in [0.05, 0.1) is 24.2 Å². The van der Waals surface area contributed by atoms with Crippen LogP contribution < -0.4 is 28.7 Å². The Morgan fingerprint density at radius 3 is 1.35 bits per heavy atom. The summed E-state index contributed by atoms with van der Waals surface area (Å²) in [5, 5.41) is 9.05. The molecule has 8 aromatic rings. The van der Waals surface area contributed by atoms with E-state index in [1.165, 1.54) is 31.5 Å². The second-order valence-electron chi connectivity index (χ2n) is 20.2. The van der Waals surface area contributed by atoms with Crippen molar-refractivity contribution in [2.45, 2.75) is 77.0 Å². The van der Waals surface area contributed by atoms with E-state index in [1.54, 1.807) is 12.1 Å². The van der Waals surface area contributed by atoms with Crippen molar-refractivity contribution in [2.24, 2.45) is 0 Å². The van der Waals surface area contributed by atoms with E-state index in [9.17, 15) is 9.59 Å². The normalized spacial score (nSPS) is 14.4. The minimum absolute atomic E-state index is 0.196. The number of rotatable bonds is 29. The standard InChI is InChI=1S/C62H72N6O8S2/c69-61(75-45-73-59-25-21-47-19-23-49(43-53(47)63-59)71-39-9-7-29-65-31-35-67(36-32-65)55-13-11-15-57-51(55)27-41-77-57)17-5-3-1-2-4-6-18-62(70)76-46-74-60-26-22-48-20-24-50(44-54(48)64-60)72-40-10-8-30-66-33-37-68(38-34-66)56-14-12-16-58-52(56)28-42-78-58/h11-16,19-28,41-44H,1-10,17-18,29-40,45-46H2. The second-order valence-corrected chi connectivity index (χ2v) is 22.1. The van der Waals surface area contributed by atoms with Crippen LogP contribution in [0.2, 0.25) is 0 Å². The number of unbranched alkanes of at least 4 members (excludes halogenated alkanes) is 7. The zero-order valence-corrected chi connectivity index (χ0v) is 46.3. The predicted molar refractivity (Wildman–Crippen MR) is 314 cm³/mol. The van der Waals surface area contributed by atoms with Gasteiger partial charge in [-0.3, -0.25) is 19.4 Å². The van der Waals surface area contributed by atoms with Gasteiger partial charge in [0, 0.05) is 132 Å². The second kappa shape index (κ2) is 28.2. The minimum Gasteiger partial charge on any atom is -0.494 e. The van der Waals surface area contributed by atoms with Crippen molar-refractivity contribution in [3.63, 3.8) is 0 Å². The molecule has 0 atom stereocenters. The van der Waals surface area contributed by atoms with Gasteiger partial charge in [0.1, 0.15) is 11.5 Å². The number of carbonyl (C=O) groups excluding carboxylic acids is 2. The summed E-state index contributed by atoms with van der Waals surface area (Å²) in [5.41, 5.74) is 4.24. The average Bonchev–Trinajstić information content (AvgIpc) is 4.18. The molecule has 14 nitrogen and oxygen atoms in total. The molecule has 0 unspecified atom stereocenters. The summed E-state index contributed by atoms with van der Waals surface area (Å²) in [4.78, 5) is 44.2. The van der Waals surface area contributed by atoms with Crippen molar-refractivity contribution >= 4 is 88.0 Å². The highest BCUT2D eigenvalue weighted by Gasteiger charge is 2.20. The zero-order valence-electron chi connectivity index (χ0n) is 44.7. The lowest BCUT2D eigenvalue weighted by Crippen LogP contribution is -2.46. The minimum atomic E-state index is -0.301. The molecule has 78 heavy (non-hydrogen) atoms. The summed E-state index contributed by atoms with van der Waals surface area (Å²) in [6.07, 6.45) is 9.95. The van der Waals surface area contributed by atoms with Gasteiger partial charge in [-0.15, -0.1) is 22.7 Å². The number of fused-ring (bicyclic) bond motifs is 4. The Balaban J connectivity index is 0.520. The van der Waals surface area contributed by atoms with Gasteiger partial charge in [-0.2, -0.15) is 0 Å². The van der Waals surface area contributed by atoms with Crippen LogP contribution in [0.3, 0.4) is 0 Å². The van der Waals surface area contributed by atoms with E-state index in [4.69, 9.17) is 28.4 Å². The van der Waals surface area contributed by atoms with E-state index in [0.29, 0.717) is 37.8 Å². The van der Waals surface area contributed by atoms with E-state index in [-0.39, 0.29) is 25.5 Å². The number of esters is 2. The lowest BCUT2D eigenvalue weighted by molar-refractivity contribution is -0.151. The Morgan fingerprint density at radius 1 is 0.449 bits per heavy atom. The lowest BCUT2D eigenvalue weighted by Gasteiger charge is -2.36. The maximum absolute atomic E-state index is 12.4. The van der Waals surface area contributed by atoms with Crippen LogP contribution in [0.25, 0.3) is 42.0 Å². The summed E-state index contributed by atoms with van der Waals surface area (Å²) < 4.78 is 37.0. The summed E-state index contributed by atoms with van der Waals surface area (Å²) >= 11 is 3.61. The van der Waals surface area contributed by atoms with E-state index >= 15 is 0 Å². The molecule has 16 heteroatoms. The number of ether oxygens (including phenoxy) is 6. The van der Waals surface area contributed by atoms with E-state index in [0.717, 1.165) is 163 Å². The molecule has 2 saturated heterocycles. The Labute approximate surface area is 465 Å². The summed E-state index contributed by atoms with van der Waals surface area (Å²) in [7, 11) is 0. The molecule has 0 aliphatic carbocycles. The predicted octanol–water partition coefficient (Wildman–Crippen LogP) is 12.8. The number of carbonyl (C=O) groups is 2. The number of nitrogens with zero attached hydrogens (tertiary/aromatic N) is 6. The van der Waals surface area contributed by atoms with Crippen molar-refractivity contribution < 1.29 is 38.0 Å². The average molecular weight is 1090 g/mol. The Bertz CT molecular complexity index is 2980. The van der Waals surface area contributed by atoms with Gasteiger partial charge in [0.2, 0.25) is 25.3 Å². The zero-order chi connectivity index (χ0) is 53.1. The molecule has 0 radical (unpaired) electrons. The molecular formula is C62H72N6O8S2. The first kappa shape index (κ1) is 54.6. The van der Waals surface area contributed by atoms with Crippen molar-refractivity contribution in [2.75, 3.05) is 102 Å². The Kier molecular flexibility index (Phi) is 19.8. The smallest absolute Gasteiger partial charge is 0.308 e. The molecule has 2 aliphatic rings. The molecule has 2 fully saturated rings. The number of piperazine rings is 2. The van der Waals surface area contributed by atoms with Crippen molar-refractivity contribution in [1.82, 2.24) is 19.8 Å². The fraction of sp³-hybridized carbons (Fsp3) is 0.419. The van der Waals surface area contributed by atoms with E-state index in [1.807, 2.05) is 71.2 Å². The van der Waals surface area contributed by atoms with Gasteiger partial charge in [0.25, 0.3) is 0 Å². The number of hydrogen-bond acceptors (Lipinski definition) is 16. The van der Waals surface area contributed by atoms with Crippen molar-refractivity contribution in [3.05, 3.63) is 120 Å². The number of hydrogen-bond donors (Lipinski definition) is 0. The number of benzene rings is 4. The first-order valence-corrected chi connectivity index (χ1v) is 29.7. The van der Waals surface area contributed by atoms with Gasteiger partial charge >= 0.3 is 11.9 Å². The van der Waals surface area contributed by atoms with Crippen LogP contribution in [-0.2, 0) is 19.1 Å². The molecule has 0 bridgehead atoms. The topological polar surface area (TPSA) is 128 Å². The molecule has 4 aromatic heterocycles. The third-order valence-corrected chi connectivity index (χ3v) is 16.6. The maximum Gasteiger partial charge on any atom is 0.308 e. The number of pyridine rings is 2. The van der Waals surface area contributed by atoms with Crippen molar-refractivity contribution in [1.29, 1.82) is 0 Å². The summed E-state index contributed by atoms with van der Waals surface area (Å²) in [6, 6.07) is 37.0. The molecular weight excluding hydrogens is 1020 g/mol. The fourth-order valence-electron chi connectivity index (χ4n) is 10.4. The highest BCUT2D eigenvalue weighted by atomic mass is 32.1. The van der Waals surface area contributed by atoms with Gasteiger partial charge < -0.3 is 38.2 Å². The Morgan fingerprint density at radius 2 is 0.885 bits per heavy atom. The summed E-state index contributed by atoms with van der Waals surface area (Å²) in [5.74, 6) is 1.72.